The first kappa shape index (κ1) is 12.6. The third-order valence-electron chi connectivity index (χ3n) is 2.96. The Hall–Kier alpha value is -1.51. The Morgan fingerprint density at radius 3 is 1.94 bits per heavy atom. The van der Waals surface area contributed by atoms with Crippen LogP contribution in [-0.2, 0) is 19.1 Å². The van der Waals surface area contributed by atoms with Crippen LogP contribution in [0.15, 0.2) is 0 Å². The molecule has 1 rings (SSSR count). The lowest BCUT2D eigenvalue weighted by atomic mass is 9.39. The van der Waals surface area contributed by atoms with Gasteiger partial charge in [-0.05, 0) is 19.1 Å². The smallest absolute Gasteiger partial charge is 0.308 e. The summed E-state index contributed by atoms with van der Waals surface area (Å²) >= 11 is 0. The van der Waals surface area contributed by atoms with Crippen molar-refractivity contribution in [1.29, 1.82) is 5.26 Å². The third kappa shape index (κ3) is 2.75. The van der Waals surface area contributed by atoms with Crippen molar-refractivity contribution in [2.24, 2.45) is 11.8 Å². The minimum atomic E-state index is -0.368. The summed E-state index contributed by atoms with van der Waals surface area (Å²) in [6.45, 7) is -0.276. The summed E-state index contributed by atoms with van der Waals surface area (Å²) in [4.78, 5) is 22.8. The summed E-state index contributed by atoms with van der Waals surface area (Å²) in [6.07, 6.45) is 1.35. The molecule has 0 aromatic rings. The van der Waals surface area contributed by atoms with E-state index in [1.165, 1.54) is 14.2 Å². The average Bonchev–Trinajstić information content (AvgIpc) is 2.35. The normalized spacial score (nSPS) is 24.4. The minimum Gasteiger partial charge on any atom is -0.469 e. The monoisotopic (exact) mass is 223 g/mol. The van der Waals surface area contributed by atoms with Gasteiger partial charge in [0.2, 0.25) is 0 Å². The molecule has 0 amide bonds. The molecule has 1 aliphatic rings. The van der Waals surface area contributed by atoms with Gasteiger partial charge in [0.05, 0.1) is 26.1 Å². The highest BCUT2D eigenvalue weighted by atomic mass is 16.5. The van der Waals surface area contributed by atoms with Crippen LogP contribution in [0.1, 0.15) is 6.42 Å². The maximum Gasteiger partial charge on any atom is 0.308 e. The number of esters is 2. The van der Waals surface area contributed by atoms with Crippen LogP contribution in [0.25, 0.3) is 0 Å². The summed E-state index contributed by atoms with van der Waals surface area (Å²) in [5.74, 6) is 0.664. The maximum atomic E-state index is 11.4. The first-order chi connectivity index (χ1) is 7.62. The molecule has 5 nitrogen and oxygen atoms in total. The van der Waals surface area contributed by atoms with Crippen molar-refractivity contribution < 1.29 is 19.1 Å². The van der Waals surface area contributed by atoms with Crippen LogP contribution in [-0.4, -0.2) is 32.9 Å². The molecule has 16 heavy (non-hydrogen) atoms. The van der Waals surface area contributed by atoms with Crippen molar-refractivity contribution in [3.63, 3.8) is 0 Å². The number of hydrogen-bond donors (Lipinski definition) is 0. The van der Waals surface area contributed by atoms with Gasteiger partial charge in [-0.25, -0.2) is 5.26 Å². The van der Waals surface area contributed by atoms with Gasteiger partial charge < -0.3 is 9.47 Å². The topological polar surface area (TPSA) is 76.4 Å². The molecule has 0 spiro atoms. The Labute approximate surface area is 94.8 Å². The Balaban J connectivity index is 2.73. The van der Waals surface area contributed by atoms with Crippen LogP contribution in [0.5, 0.6) is 0 Å². The van der Waals surface area contributed by atoms with Crippen molar-refractivity contribution in [1.82, 2.24) is 0 Å². The highest BCUT2D eigenvalue weighted by Gasteiger charge is 2.39. The molecule has 2 atom stereocenters. The van der Waals surface area contributed by atoms with Gasteiger partial charge in [0.25, 0.3) is 6.71 Å². The zero-order chi connectivity index (χ0) is 12.1. The standard InChI is InChI=1S/C10H14BNO4/c1-15-9(13)7-3-8(10(14)16-2)5-11(4-7)6-12/h7-8H,3-5H2,1-2H3. The fraction of sp³-hybridized carbons (Fsp3) is 0.700. The number of nitriles is 1. The number of nitrogens with zero attached hydrogens (tertiary/aromatic N) is 1. The summed E-state index contributed by atoms with van der Waals surface area (Å²) in [5, 5.41) is 8.88. The van der Waals surface area contributed by atoms with E-state index in [2.05, 4.69) is 15.4 Å². The van der Waals surface area contributed by atoms with E-state index in [9.17, 15) is 9.59 Å². The first-order valence-corrected chi connectivity index (χ1v) is 5.17. The molecule has 0 aliphatic carbocycles. The lowest BCUT2D eigenvalue weighted by Gasteiger charge is -2.27. The van der Waals surface area contributed by atoms with Crippen molar-refractivity contribution in [3.05, 3.63) is 0 Å². The quantitative estimate of drug-likeness (QED) is 0.504. The molecule has 1 fully saturated rings. The van der Waals surface area contributed by atoms with Crippen LogP contribution in [0.3, 0.4) is 0 Å². The third-order valence-corrected chi connectivity index (χ3v) is 2.96. The van der Waals surface area contributed by atoms with Crippen molar-refractivity contribution in [2.75, 3.05) is 14.2 Å². The van der Waals surface area contributed by atoms with Gasteiger partial charge in [0.1, 0.15) is 0 Å². The number of hydrogen-bond acceptors (Lipinski definition) is 5. The number of rotatable bonds is 2. The number of carbonyl (C=O) groups excluding carboxylic acids is 2. The average molecular weight is 223 g/mol. The van der Waals surface area contributed by atoms with Crippen LogP contribution < -0.4 is 0 Å². The second kappa shape index (κ2) is 5.54. The van der Waals surface area contributed by atoms with Crippen molar-refractivity contribution in [2.45, 2.75) is 19.1 Å². The van der Waals surface area contributed by atoms with Crippen LogP contribution >= 0.6 is 0 Å². The van der Waals surface area contributed by atoms with Gasteiger partial charge in [0, 0.05) is 5.97 Å². The van der Waals surface area contributed by atoms with E-state index >= 15 is 0 Å². The van der Waals surface area contributed by atoms with E-state index in [4.69, 9.17) is 5.26 Å². The van der Waals surface area contributed by atoms with Gasteiger partial charge in [-0.2, -0.15) is 0 Å². The SMILES string of the molecule is COC(=O)C1CB(C#N)CC(C(=O)OC)C1. The van der Waals surface area contributed by atoms with E-state index in [1.807, 2.05) is 0 Å². The Bertz CT molecular complexity index is 301. The van der Waals surface area contributed by atoms with Crippen LogP contribution in [0, 0.1) is 23.1 Å². The van der Waals surface area contributed by atoms with Gasteiger partial charge in [-0.3, -0.25) is 9.59 Å². The summed E-state index contributed by atoms with van der Waals surface area (Å²) in [6, 6.07) is 0. The predicted octanol–water partition coefficient (Wildman–Crippen LogP) is 0.526. The van der Waals surface area contributed by atoms with Crippen molar-refractivity contribution in [3.8, 4) is 5.97 Å². The second-order valence-corrected chi connectivity index (χ2v) is 3.97. The number of carbonyl (C=O) groups is 2. The molecule has 0 saturated carbocycles. The molecule has 1 heterocycles. The first-order valence-electron chi connectivity index (χ1n) is 5.17. The molecule has 0 radical (unpaired) electrons. The molecule has 0 N–H and O–H groups in total. The number of methoxy groups -OCH3 is 2. The fourth-order valence-electron chi connectivity index (χ4n) is 2.14. The highest BCUT2D eigenvalue weighted by molar-refractivity contribution is 6.67. The molecular weight excluding hydrogens is 209 g/mol. The van der Waals surface area contributed by atoms with E-state index in [-0.39, 0.29) is 30.5 Å². The maximum absolute atomic E-state index is 11.4. The van der Waals surface area contributed by atoms with Gasteiger partial charge in [0.15, 0.2) is 0 Å². The zero-order valence-electron chi connectivity index (χ0n) is 9.43. The summed E-state index contributed by atoms with van der Waals surface area (Å²) in [5.41, 5.74) is 0. The molecule has 6 heteroatoms. The van der Waals surface area contributed by atoms with Crippen LogP contribution in [0.4, 0.5) is 0 Å². The molecule has 0 aromatic carbocycles. The van der Waals surface area contributed by atoms with Gasteiger partial charge in [-0.1, -0.05) is 0 Å². The van der Waals surface area contributed by atoms with E-state index in [1.54, 1.807) is 0 Å². The molecule has 2 unspecified atom stereocenters. The number of ether oxygens (including phenoxy) is 2. The van der Waals surface area contributed by atoms with Gasteiger partial charge >= 0.3 is 11.9 Å². The minimum absolute atomic E-state index is 0.276. The largest absolute Gasteiger partial charge is 0.469 e. The molecule has 1 saturated heterocycles. The summed E-state index contributed by atoms with van der Waals surface area (Å²) < 4.78 is 9.29. The highest BCUT2D eigenvalue weighted by Crippen LogP contribution is 2.31. The lowest BCUT2D eigenvalue weighted by molar-refractivity contribution is -0.149. The second-order valence-electron chi connectivity index (χ2n) is 3.97. The van der Waals surface area contributed by atoms with Crippen molar-refractivity contribution >= 4 is 18.7 Å². The molecule has 86 valence electrons. The Kier molecular flexibility index (Phi) is 4.35. The Morgan fingerprint density at radius 1 is 1.19 bits per heavy atom. The molecule has 0 aromatic heterocycles. The van der Waals surface area contributed by atoms with E-state index < -0.39 is 0 Å². The van der Waals surface area contributed by atoms with E-state index in [0.717, 1.165) is 0 Å². The summed E-state index contributed by atoms with van der Waals surface area (Å²) in [7, 11) is 2.62. The predicted molar refractivity (Wildman–Crippen MR) is 56.6 cm³/mol. The lowest BCUT2D eigenvalue weighted by Crippen LogP contribution is -2.36. The molecular formula is C10H14BNO4. The Morgan fingerprint density at radius 2 is 1.62 bits per heavy atom. The fourth-order valence-corrected chi connectivity index (χ4v) is 2.14. The zero-order valence-corrected chi connectivity index (χ0v) is 9.43. The van der Waals surface area contributed by atoms with E-state index in [0.29, 0.717) is 19.1 Å². The van der Waals surface area contributed by atoms with Crippen LogP contribution in [0.2, 0.25) is 12.6 Å². The van der Waals surface area contributed by atoms with Gasteiger partial charge in [-0.15, -0.1) is 0 Å². The molecule has 1 aliphatic heterocycles. The molecule has 0 bridgehead atoms.